The van der Waals surface area contributed by atoms with Gasteiger partial charge in [-0.2, -0.15) is 0 Å². The second kappa shape index (κ2) is 45.3. The van der Waals surface area contributed by atoms with Crippen LogP contribution in [0.15, 0.2) is 0 Å². The van der Waals surface area contributed by atoms with Crippen molar-refractivity contribution in [2.24, 2.45) is 0 Å². The molecule has 4 N–H and O–H groups in total. The molecular formula is C39H82N2O4. The molecule has 0 fully saturated rings. The highest BCUT2D eigenvalue weighted by molar-refractivity contribution is 5.73. The molecule has 6 nitrogen and oxygen atoms in total. The summed E-state index contributed by atoms with van der Waals surface area (Å²) in [5.41, 5.74) is 0. The SMILES string of the molecule is CCCCCCCCCCCCCCCCCCOCCCCCCCCCCCCCCCCCC.O=C(NCO)NCO. The molecule has 0 aliphatic rings. The van der Waals surface area contributed by atoms with Crippen molar-refractivity contribution in [2.75, 3.05) is 26.7 Å². The third-order valence-corrected chi connectivity index (χ3v) is 8.76. The topological polar surface area (TPSA) is 90.8 Å². The summed E-state index contributed by atoms with van der Waals surface area (Å²) in [6, 6.07) is -0.588. The number of aliphatic hydroxyl groups is 2. The van der Waals surface area contributed by atoms with Crippen LogP contribution in [-0.4, -0.2) is 42.9 Å². The number of amides is 2. The van der Waals surface area contributed by atoms with Crippen LogP contribution in [0.1, 0.15) is 219 Å². The van der Waals surface area contributed by atoms with E-state index in [2.05, 4.69) is 13.8 Å². The summed E-state index contributed by atoms with van der Waals surface area (Å²) >= 11 is 0. The number of unbranched alkanes of at least 4 members (excludes halogenated alkanes) is 30. The van der Waals surface area contributed by atoms with Gasteiger partial charge < -0.3 is 25.6 Å². The molecule has 0 bridgehead atoms. The molecule has 0 heterocycles. The lowest BCUT2D eigenvalue weighted by Crippen LogP contribution is -2.36. The third kappa shape index (κ3) is 47.7. The van der Waals surface area contributed by atoms with E-state index in [0.717, 1.165) is 13.2 Å². The van der Waals surface area contributed by atoms with Crippen LogP contribution in [0.2, 0.25) is 0 Å². The van der Waals surface area contributed by atoms with Crippen molar-refractivity contribution in [1.82, 2.24) is 10.6 Å². The Morgan fingerprint density at radius 1 is 0.378 bits per heavy atom. The first-order chi connectivity index (χ1) is 22.2. The highest BCUT2D eigenvalue weighted by Gasteiger charge is 1.97. The van der Waals surface area contributed by atoms with Crippen LogP contribution in [0.4, 0.5) is 4.79 Å². The minimum Gasteiger partial charge on any atom is -0.381 e. The van der Waals surface area contributed by atoms with Crippen LogP contribution >= 0.6 is 0 Å². The fraction of sp³-hybridized carbons (Fsp3) is 0.974. The van der Waals surface area contributed by atoms with E-state index < -0.39 is 19.5 Å². The Hall–Kier alpha value is -0.850. The molecule has 0 saturated heterocycles. The fourth-order valence-electron chi connectivity index (χ4n) is 5.81. The highest BCUT2D eigenvalue weighted by atomic mass is 16.5. The van der Waals surface area contributed by atoms with Crippen LogP contribution in [0.3, 0.4) is 0 Å². The van der Waals surface area contributed by atoms with Gasteiger partial charge in [-0.05, 0) is 12.8 Å². The Balaban J connectivity index is 0. The normalized spacial score (nSPS) is 10.9. The maximum atomic E-state index is 10.1. The Morgan fingerprint density at radius 2 is 0.578 bits per heavy atom. The van der Waals surface area contributed by atoms with Gasteiger partial charge in [-0.15, -0.1) is 0 Å². The van der Waals surface area contributed by atoms with Gasteiger partial charge in [0, 0.05) is 13.2 Å². The summed E-state index contributed by atoms with van der Waals surface area (Å²) < 4.78 is 5.87. The van der Waals surface area contributed by atoms with Gasteiger partial charge in [-0.25, -0.2) is 4.79 Å². The van der Waals surface area contributed by atoms with Crippen molar-refractivity contribution < 1.29 is 19.7 Å². The molecule has 0 aliphatic carbocycles. The molecule has 0 atom stereocenters. The first-order valence-corrected chi connectivity index (χ1v) is 20.0. The predicted molar refractivity (Wildman–Crippen MR) is 196 cm³/mol. The number of rotatable bonds is 36. The minimum atomic E-state index is -0.588. The summed E-state index contributed by atoms with van der Waals surface area (Å²) in [5, 5.41) is 20.0. The molecule has 0 spiro atoms. The third-order valence-electron chi connectivity index (χ3n) is 8.76. The number of hydrogen-bond donors (Lipinski definition) is 4. The Kier molecular flexibility index (Phi) is 46.6. The van der Waals surface area contributed by atoms with Gasteiger partial charge in [0.25, 0.3) is 0 Å². The molecule has 0 radical (unpaired) electrons. The molecule has 0 aromatic rings. The summed E-state index contributed by atoms with van der Waals surface area (Å²) in [4.78, 5) is 10.1. The van der Waals surface area contributed by atoms with Crippen molar-refractivity contribution in [3.63, 3.8) is 0 Å². The van der Waals surface area contributed by atoms with E-state index >= 15 is 0 Å². The number of carbonyl (C=O) groups excluding carboxylic acids is 1. The average Bonchev–Trinajstić information content (AvgIpc) is 3.04. The van der Waals surface area contributed by atoms with Crippen LogP contribution in [-0.2, 0) is 4.74 Å². The fourth-order valence-corrected chi connectivity index (χ4v) is 5.81. The molecule has 0 aromatic carbocycles. The van der Waals surface area contributed by atoms with Crippen molar-refractivity contribution in [2.45, 2.75) is 219 Å². The number of carbonyl (C=O) groups is 1. The van der Waals surface area contributed by atoms with E-state index in [9.17, 15) is 4.79 Å². The quantitative estimate of drug-likeness (QED) is 0.0404. The van der Waals surface area contributed by atoms with E-state index in [0.29, 0.717) is 0 Å². The van der Waals surface area contributed by atoms with Crippen LogP contribution in [0.5, 0.6) is 0 Å². The lowest BCUT2D eigenvalue weighted by Gasteiger charge is -2.06. The maximum absolute atomic E-state index is 10.1. The molecule has 0 unspecified atom stereocenters. The van der Waals surface area contributed by atoms with E-state index in [4.69, 9.17) is 14.9 Å². The molecule has 2 amide bonds. The highest BCUT2D eigenvalue weighted by Crippen LogP contribution is 2.15. The largest absolute Gasteiger partial charge is 0.381 e. The summed E-state index contributed by atoms with van der Waals surface area (Å²) in [5.74, 6) is 0. The minimum absolute atomic E-state index is 0.425. The van der Waals surface area contributed by atoms with Gasteiger partial charge >= 0.3 is 6.03 Å². The summed E-state index contributed by atoms with van der Waals surface area (Å²) in [6.45, 7) is 5.75. The Bertz CT molecular complexity index is 479. The second-order valence-electron chi connectivity index (χ2n) is 13.2. The van der Waals surface area contributed by atoms with Gasteiger partial charge in [0.15, 0.2) is 0 Å². The van der Waals surface area contributed by atoms with Crippen molar-refractivity contribution in [1.29, 1.82) is 0 Å². The first kappa shape index (κ1) is 46.3. The van der Waals surface area contributed by atoms with Crippen LogP contribution in [0.25, 0.3) is 0 Å². The average molecular weight is 643 g/mol. The van der Waals surface area contributed by atoms with E-state index in [1.54, 1.807) is 0 Å². The zero-order chi connectivity index (χ0) is 33.2. The maximum Gasteiger partial charge on any atom is 0.318 e. The van der Waals surface area contributed by atoms with Gasteiger partial charge in [-0.3, -0.25) is 0 Å². The molecule has 0 rings (SSSR count). The van der Waals surface area contributed by atoms with Crippen molar-refractivity contribution in [3.05, 3.63) is 0 Å². The van der Waals surface area contributed by atoms with Crippen molar-refractivity contribution in [3.8, 4) is 0 Å². The molecule has 272 valence electrons. The molecule has 0 aromatic heterocycles. The van der Waals surface area contributed by atoms with E-state index in [-0.39, 0.29) is 0 Å². The number of nitrogens with one attached hydrogen (secondary N) is 2. The monoisotopic (exact) mass is 643 g/mol. The summed E-state index contributed by atoms with van der Waals surface area (Å²) in [6.07, 6.45) is 46.0. The van der Waals surface area contributed by atoms with Crippen LogP contribution < -0.4 is 10.6 Å². The predicted octanol–water partition coefficient (Wildman–Crippen LogP) is 11.7. The first-order valence-electron chi connectivity index (χ1n) is 20.0. The van der Waals surface area contributed by atoms with E-state index in [1.165, 1.54) is 205 Å². The standard InChI is InChI=1S/C36H74O.C3H8N2O3/c1-3-5-7-9-11-13-15-17-19-21-23-25-27-29-31-33-35-37-36-34-32-30-28-26-24-22-20-18-16-14-12-10-8-6-4-2;6-1-4-3(8)5-2-7/h3-36H2,1-2H3;6-7H,1-2H2,(H2,4,5,8). The Morgan fingerprint density at radius 3 is 0.778 bits per heavy atom. The van der Waals surface area contributed by atoms with Gasteiger partial charge in [0.1, 0.15) is 13.5 Å². The van der Waals surface area contributed by atoms with E-state index in [1.807, 2.05) is 10.6 Å². The Labute approximate surface area is 282 Å². The lowest BCUT2D eigenvalue weighted by atomic mass is 10.0. The van der Waals surface area contributed by atoms with Crippen LogP contribution in [0, 0.1) is 0 Å². The molecule has 0 aliphatic heterocycles. The number of hydrogen-bond acceptors (Lipinski definition) is 4. The van der Waals surface area contributed by atoms with Gasteiger partial charge in [0.05, 0.1) is 0 Å². The van der Waals surface area contributed by atoms with Gasteiger partial charge in [0.2, 0.25) is 0 Å². The second-order valence-corrected chi connectivity index (χ2v) is 13.2. The number of urea groups is 1. The number of aliphatic hydroxyl groups excluding tert-OH is 2. The molecular weight excluding hydrogens is 560 g/mol. The smallest absolute Gasteiger partial charge is 0.318 e. The van der Waals surface area contributed by atoms with Gasteiger partial charge in [-0.1, -0.05) is 206 Å². The van der Waals surface area contributed by atoms with Crippen molar-refractivity contribution >= 4 is 6.03 Å². The number of ether oxygens (including phenoxy) is 1. The molecule has 0 saturated carbocycles. The zero-order valence-electron chi connectivity index (χ0n) is 30.7. The summed E-state index contributed by atoms with van der Waals surface area (Å²) in [7, 11) is 0. The zero-order valence-corrected chi connectivity index (χ0v) is 30.7. The molecule has 45 heavy (non-hydrogen) atoms. The molecule has 6 heteroatoms. The lowest BCUT2D eigenvalue weighted by molar-refractivity contribution is 0.125.